The lowest BCUT2D eigenvalue weighted by molar-refractivity contribution is -0.0325. The van der Waals surface area contributed by atoms with Gasteiger partial charge in [0.2, 0.25) is 0 Å². The van der Waals surface area contributed by atoms with Crippen LogP contribution in [0.3, 0.4) is 0 Å². The van der Waals surface area contributed by atoms with Crippen LogP contribution in [0.15, 0.2) is 31.6 Å². The van der Waals surface area contributed by atoms with E-state index in [1.165, 1.54) is 21.5 Å². The summed E-state index contributed by atoms with van der Waals surface area (Å²) in [4.78, 5) is 52.2. The summed E-state index contributed by atoms with van der Waals surface area (Å²) in [6.45, 7) is 6.98. The first kappa shape index (κ1) is 26.4. The third-order valence-electron chi connectivity index (χ3n) is 6.60. The molecule has 4 rings (SSSR count). The lowest BCUT2D eigenvalue weighted by Gasteiger charge is -2.15. The zero-order chi connectivity index (χ0) is 26.1. The molecule has 14 heteroatoms. The number of hydrogen-bond acceptors (Lipinski definition) is 9. The second-order valence-electron chi connectivity index (χ2n) is 9.24. The third kappa shape index (κ3) is 5.50. The highest BCUT2D eigenvalue weighted by molar-refractivity contribution is 7.33. The van der Waals surface area contributed by atoms with Crippen molar-refractivity contribution in [3.8, 4) is 0 Å². The number of hydrogen-bond donors (Lipinski definition) is 2. The molecule has 196 valence electrons. The Morgan fingerprint density at radius 1 is 0.944 bits per heavy atom. The molecule has 36 heavy (non-hydrogen) atoms. The van der Waals surface area contributed by atoms with Crippen molar-refractivity contribution in [2.45, 2.75) is 77.7 Å². The highest BCUT2D eigenvalue weighted by Gasteiger charge is 2.44. The lowest BCUT2D eigenvalue weighted by atomic mass is 10.0. The fraction of sp³-hybridized carbons (Fsp3) is 0.636. The number of ether oxygens (including phenoxy) is 2. The molecule has 0 aromatic carbocycles. The van der Waals surface area contributed by atoms with Gasteiger partial charge in [0.25, 0.3) is 11.1 Å². The molecule has 2 saturated heterocycles. The SMILES string of the molecule is CC[C@H]1O[C@@H](n2cc(C)c(=O)[nH]c2=O)C[C@H]1O[P+](=O)OC[C@H]1O[C@@H](n2cc(C)c(=O)[nH]c2=O)C[C@H]1C. The minimum Gasteiger partial charge on any atom is -0.352 e. The number of aromatic amines is 2. The second kappa shape index (κ2) is 10.7. The molecule has 2 aromatic heterocycles. The molecule has 0 radical (unpaired) electrons. The Balaban J connectivity index is 1.35. The van der Waals surface area contributed by atoms with Crippen LogP contribution in [0.2, 0.25) is 0 Å². The molecule has 0 aliphatic carbocycles. The molecule has 0 saturated carbocycles. The predicted molar refractivity (Wildman–Crippen MR) is 127 cm³/mol. The van der Waals surface area contributed by atoms with E-state index in [0.29, 0.717) is 24.0 Å². The molecular weight excluding hydrogens is 495 g/mol. The minimum atomic E-state index is -2.52. The van der Waals surface area contributed by atoms with E-state index < -0.39 is 61.5 Å². The number of H-pyrrole nitrogens is 2. The Kier molecular flexibility index (Phi) is 7.86. The summed E-state index contributed by atoms with van der Waals surface area (Å²) in [5.41, 5.74) is -1.29. The van der Waals surface area contributed by atoms with E-state index in [4.69, 9.17) is 18.5 Å². The molecule has 0 amide bonds. The summed E-state index contributed by atoms with van der Waals surface area (Å²) in [7, 11) is -2.52. The number of nitrogens with zero attached hydrogens (tertiary/aromatic N) is 2. The van der Waals surface area contributed by atoms with Crippen LogP contribution in [0.4, 0.5) is 0 Å². The van der Waals surface area contributed by atoms with Crippen molar-refractivity contribution >= 4 is 8.25 Å². The zero-order valence-corrected chi connectivity index (χ0v) is 21.4. The average Bonchev–Trinajstić information content (AvgIpc) is 3.40. The van der Waals surface area contributed by atoms with Gasteiger partial charge in [-0.1, -0.05) is 13.8 Å². The molecule has 4 heterocycles. The van der Waals surface area contributed by atoms with Gasteiger partial charge >= 0.3 is 19.6 Å². The molecule has 2 aliphatic rings. The maximum absolute atomic E-state index is 12.6. The summed E-state index contributed by atoms with van der Waals surface area (Å²) in [6, 6.07) is 0. The van der Waals surface area contributed by atoms with Gasteiger partial charge in [-0.15, -0.1) is 9.05 Å². The summed E-state index contributed by atoms with van der Waals surface area (Å²) in [6.07, 6.45) is 1.52. The Morgan fingerprint density at radius 2 is 1.47 bits per heavy atom. The van der Waals surface area contributed by atoms with E-state index in [0.717, 1.165) is 0 Å². The predicted octanol–water partition coefficient (Wildman–Crippen LogP) is 1.38. The van der Waals surface area contributed by atoms with Crippen LogP contribution in [0.5, 0.6) is 0 Å². The largest absolute Gasteiger partial charge is 0.697 e. The molecule has 2 aliphatic heterocycles. The first-order chi connectivity index (χ1) is 17.1. The Hall–Kier alpha value is -2.70. The Bertz CT molecular complexity index is 1360. The van der Waals surface area contributed by atoms with Crippen LogP contribution in [-0.4, -0.2) is 44.0 Å². The first-order valence-electron chi connectivity index (χ1n) is 11.8. The first-order valence-corrected chi connectivity index (χ1v) is 12.9. The second-order valence-corrected chi connectivity index (χ2v) is 10.2. The van der Waals surface area contributed by atoms with Crippen molar-refractivity contribution in [2.75, 3.05) is 6.61 Å². The van der Waals surface area contributed by atoms with Crippen molar-refractivity contribution in [1.29, 1.82) is 0 Å². The summed E-state index contributed by atoms with van der Waals surface area (Å²) >= 11 is 0. The van der Waals surface area contributed by atoms with Gasteiger partial charge in [-0.05, 0) is 32.6 Å². The smallest absolute Gasteiger partial charge is 0.352 e. The molecule has 2 N–H and O–H groups in total. The van der Waals surface area contributed by atoms with E-state index in [1.807, 2.05) is 13.8 Å². The number of aromatic nitrogens is 4. The molecule has 1 unspecified atom stereocenters. The molecule has 2 aromatic rings. The van der Waals surface area contributed by atoms with Gasteiger partial charge in [0.15, 0.2) is 0 Å². The van der Waals surface area contributed by atoms with Crippen molar-refractivity contribution < 1.29 is 23.1 Å². The van der Waals surface area contributed by atoms with E-state index >= 15 is 0 Å². The van der Waals surface area contributed by atoms with E-state index in [9.17, 15) is 23.7 Å². The van der Waals surface area contributed by atoms with Crippen molar-refractivity contribution in [3.63, 3.8) is 0 Å². The highest BCUT2D eigenvalue weighted by atomic mass is 31.1. The molecule has 0 spiro atoms. The van der Waals surface area contributed by atoms with Gasteiger partial charge in [-0.2, -0.15) is 0 Å². The monoisotopic (exact) mass is 525 g/mol. The number of nitrogens with one attached hydrogen (secondary N) is 2. The molecule has 2 fully saturated rings. The number of aryl methyl sites for hydroxylation is 2. The highest BCUT2D eigenvalue weighted by Crippen LogP contribution is 2.39. The van der Waals surface area contributed by atoms with Crippen LogP contribution in [0.1, 0.15) is 56.7 Å². The van der Waals surface area contributed by atoms with Gasteiger partial charge < -0.3 is 9.47 Å². The van der Waals surface area contributed by atoms with Crippen LogP contribution in [-0.2, 0) is 23.1 Å². The van der Waals surface area contributed by atoms with E-state index in [1.54, 1.807) is 13.8 Å². The lowest BCUT2D eigenvalue weighted by Crippen LogP contribution is -2.33. The average molecular weight is 525 g/mol. The maximum Gasteiger partial charge on any atom is 0.697 e. The molecule has 0 bridgehead atoms. The van der Waals surface area contributed by atoms with Gasteiger partial charge in [-0.3, -0.25) is 28.7 Å². The minimum absolute atomic E-state index is 0.00419. The normalized spacial score (nSPS) is 28.5. The Labute approximate surface area is 206 Å². The van der Waals surface area contributed by atoms with Gasteiger partial charge in [0.05, 0.1) is 12.2 Å². The van der Waals surface area contributed by atoms with Crippen LogP contribution >= 0.6 is 8.25 Å². The molecular formula is C22H30N4O9P+. The topological polar surface area (TPSA) is 164 Å². The number of rotatable bonds is 8. The molecule has 7 atom stereocenters. The van der Waals surface area contributed by atoms with E-state index in [2.05, 4.69) is 9.97 Å². The molecule has 13 nitrogen and oxygen atoms in total. The summed E-state index contributed by atoms with van der Waals surface area (Å²) in [5.74, 6) is -0.00419. The standard InChI is InChI=1S/C22H29N4O9P/c1-5-14-15(7-18(33-14)26-9-13(4)20(28)24-22(26)30)35-36(31)32-10-16-11(2)6-17(34-16)25-8-12(3)19(27)23-21(25)29/h8-9,11,14-18H,5-7,10H2,1-4H3,(H-,23,24,27,28,29,30)/p+1/t11-,14-,15-,16-,17-,18-/m1/s1. The fourth-order valence-corrected chi connectivity index (χ4v) is 5.24. The van der Waals surface area contributed by atoms with Gasteiger partial charge in [0.1, 0.15) is 25.2 Å². The van der Waals surface area contributed by atoms with Crippen LogP contribution in [0, 0.1) is 19.8 Å². The summed E-state index contributed by atoms with van der Waals surface area (Å²) < 4.78 is 38.2. The van der Waals surface area contributed by atoms with Crippen LogP contribution < -0.4 is 22.5 Å². The fourth-order valence-electron chi connectivity index (χ4n) is 4.46. The van der Waals surface area contributed by atoms with Crippen molar-refractivity contribution in [1.82, 2.24) is 19.1 Å². The van der Waals surface area contributed by atoms with Crippen molar-refractivity contribution in [2.24, 2.45) is 5.92 Å². The van der Waals surface area contributed by atoms with E-state index in [-0.39, 0.29) is 18.9 Å². The quantitative estimate of drug-likeness (QED) is 0.485. The van der Waals surface area contributed by atoms with Gasteiger partial charge in [-0.25, -0.2) is 9.59 Å². The van der Waals surface area contributed by atoms with Crippen LogP contribution in [0.25, 0.3) is 0 Å². The maximum atomic E-state index is 12.6. The summed E-state index contributed by atoms with van der Waals surface area (Å²) in [5, 5.41) is 0. The third-order valence-corrected chi connectivity index (χ3v) is 7.40. The zero-order valence-electron chi connectivity index (χ0n) is 20.5. The van der Waals surface area contributed by atoms with Gasteiger partial charge in [0, 0.05) is 34.5 Å². The Morgan fingerprint density at radius 3 is 2.03 bits per heavy atom. The van der Waals surface area contributed by atoms with Crippen molar-refractivity contribution in [3.05, 3.63) is 65.2 Å².